The number of carboxylic acid groups (broad SMARTS) is 1. The molecule has 0 saturated carbocycles. The lowest BCUT2D eigenvalue weighted by molar-refractivity contribution is -0.138. The average molecular weight is 212 g/mol. The highest BCUT2D eigenvalue weighted by Crippen LogP contribution is 2.29. The summed E-state index contributed by atoms with van der Waals surface area (Å²) in [6.07, 6.45) is 3.50. The molecule has 1 aliphatic heterocycles. The Kier molecular flexibility index (Phi) is 2.50. The van der Waals surface area contributed by atoms with Crippen molar-refractivity contribution in [2.75, 3.05) is 11.5 Å². The molecule has 2 heterocycles. The van der Waals surface area contributed by atoms with Gasteiger partial charge in [0.2, 0.25) is 0 Å². The standard InChI is InChI=1S/C9H12N2O2S/c1-6(9(12)13)7-2-10-11(3-7)8-4-14-5-8/h2-3,6,8H,4-5H2,1H3,(H,12,13). The molecule has 0 aliphatic carbocycles. The van der Waals surface area contributed by atoms with Gasteiger partial charge in [-0.2, -0.15) is 16.9 Å². The van der Waals surface area contributed by atoms with E-state index in [2.05, 4.69) is 5.10 Å². The maximum atomic E-state index is 10.7. The van der Waals surface area contributed by atoms with Gasteiger partial charge in [0.05, 0.1) is 18.2 Å². The van der Waals surface area contributed by atoms with Crippen LogP contribution in [0.2, 0.25) is 0 Å². The first-order valence-electron chi connectivity index (χ1n) is 4.53. The zero-order valence-electron chi connectivity index (χ0n) is 7.88. The van der Waals surface area contributed by atoms with E-state index < -0.39 is 11.9 Å². The SMILES string of the molecule is CC(C(=O)O)c1cnn(C2CSC2)c1. The van der Waals surface area contributed by atoms with Gasteiger partial charge in [0.15, 0.2) is 0 Å². The third kappa shape index (κ3) is 1.64. The van der Waals surface area contributed by atoms with Gasteiger partial charge < -0.3 is 5.11 Å². The molecule has 5 heteroatoms. The van der Waals surface area contributed by atoms with E-state index in [-0.39, 0.29) is 0 Å². The Balaban J connectivity index is 2.12. The lowest BCUT2D eigenvalue weighted by Crippen LogP contribution is -2.23. The molecule has 14 heavy (non-hydrogen) atoms. The summed E-state index contributed by atoms with van der Waals surface area (Å²) in [5, 5.41) is 13.0. The number of hydrogen-bond acceptors (Lipinski definition) is 3. The normalized spacial score (nSPS) is 18.9. The third-order valence-electron chi connectivity index (χ3n) is 2.49. The Bertz CT molecular complexity index is 346. The number of thioether (sulfide) groups is 1. The van der Waals surface area contributed by atoms with Crippen LogP contribution in [0, 0.1) is 0 Å². The molecule has 0 amide bonds. The molecule has 1 N–H and O–H groups in total. The van der Waals surface area contributed by atoms with Crippen LogP contribution in [0.15, 0.2) is 12.4 Å². The van der Waals surface area contributed by atoms with E-state index in [0.717, 1.165) is 17.1 Å². The second kappa shape index (κ2) is 3.65. The van der Waals surface area contributed by atoms with E-state index in [4.69, 9.17) is 5.11 Å². The van der Waals surface area contributed by atoms with Crippen LogP contribution in [0.5, 0.6) is 0 Å². The molecule has 1 unspecified atom stereocenters. The largest absolute Gasteiger partial charge is 0.481 e. The number of rotatable bonds is 3. The molecule has 0 radical (unpaired) electrons. The van der Waals surface area contributed by atoms with Crippen molar-refractivity contribution in [2.24, 2.45) is 0 Å². The molecule has 2 rings (SSSR count). The van der Waals surface area contributed by atoms with Gasteiger partial charge in [-0.15, -0.1) is 0 Å². The van der Waals surface area contributed by atoms with Crippen LogP contribution in [0.4, 0.5) is 0 Å². The fourth-order valence-corrected chi connectivity index (χ4v) is 2.05. The summed E-state index contributed by atoms with van der Waals surface area (Å²) in [5.74, 6) is 0.912. The molecule has 76 valence electrons. The van der Waals surface area contributed by atoms with Crippen LogP contribution >= 0.6 is 11.8 Å². The third-order valence-corrected chi connectivity index (χ3v) is 3.73. The van der Waals surface area contributed by atoms with Crippen LogP contribution in [-0.2, 0) is 4.79 Å². The molecule has 1 aromatic heterocycles. The highest BCUT2D eigenvalue weighted by Gasteiger charge is 2.22. The summed E-state index contributed by atoms with van der Waals surface area (Å²) in [6, 6.07) is 0.467. The van der Waals surface area contributed by atoms with E-state index in [1.807, 2.05) is 22.6 Å². The summed E-state index contributed by atoms with van der Waals surface area (Å²) in [6.45, 7) is 1.68. The highest BCUT2D eigenvalue weighted by atomic mass is 32.2. The summed E-state index contributed by atoms with van der Waals surface area (Å²) in [5.41, 5.74) is 0.786. The zero-order valence-corrected chi connectivity index (χ0v) is 8.70. The van der Waals surface area contributed by atoms with E-state index in [9.17, 15) is 4.79 Å². The van der Waals surface area contributed by atoms with Gasteiger partial charge in [0, 0.05) is 23.3 Å². The summed E-state index contributed by atoms with van der Waals surface area (Å²) in [7, 11) is 0. The van der Waals surface area contributed by atoms with Gasteiger partial charge in [-0.1, -0.05) is 0 Å². The minimum absolute atomic E-state index is 0.462. The molecule has 1 aliphatic rings. The van der Waals surface area contributed by atoms with E-state index in [0.29, 0.717) is 6.04 Å². The topological polar surface area (TPSA) is 55.1 Å². The Labute approximate surface area is 86.3 Å². The fraction of sp³-hybridized carbons (Fsp3) is 0.556. The summed E-state index contributed by atoms with van der Waals surface area (Å²) in [4.78, 5) is 10.7. The maximum Gasteiger partial charge on any atom is 0.310 e. The lowest BCUT2D eigenvalue weighted by atomic mass is 10.1. The molecule has 0 bridgehead atoms. The van der Waals surface area contributed by atoms with Gasteiger partial charge in [0.1, 0.15) is 0 Å². The molecule has 1 saturated heterocycles. The zero-order chi connectivity index (χ0) is 10.1. The van der Waals surface area contributed by atoms with Gasteiger partial charge in [-0.05, 0) is 6.92 Å². The van der Waals surface area contributed by atoms with Crippen LogP contribution in [0.3, 0.4) is 0 Å². The number of aromatic nitrogens is 2. The average Bonchev–Trinajstić information content (AvgIpc) is 2.48. The highest BCUT2D eigenvalue weighted by molar-refractivity contribution is 8.00. The Morgan fingerprint density at radius 1 is 1.79 bits per heavy atom. The van der Waals surface area contributed by atoms with Crippen LogP contribution in [-0.4, -0.2) is 32.4 Å². The predicted octanol–water partition coefficient (Wildman–Crippen LogP) is 1.36. The number of aliphatic carboxylic acids is 1. The first kappa shape index (κ1) is 9.58. The number of hydrogen-bond donors (Lipinski definition) is 1. The van der Waals surface area contributed by atoms with E-state index in [1.165, 1.54) is 0 Å². The monoisotopic (exact) mass is 212 g/mol. The molecular weight excluding hydrogens is 200 g/mol. The van der Waals surface area contributed by atoms with Gasteiger partial charge >= 0.3 is 5.97 Å². The van der Waals surface area contributed by atoms with Crippen LogP contribution in [0.1, 0.15) is 24.4 Å². The van der Waals surface area contributed by atoms with Crippen molar-refractivity contribution in [3.8, 4) is 0 Å². The van der Waals surface area contributed by atoms with E-state index >= 15 is 0 Å². The Hall–Kier alpha value is -0.970. The van der Waals surface area contributed by atoms with E-state index in [1.54, 1.807) is 13.1 Å². The second-order valence-electron chi connectivity index (χ2n) is 3.50. The van der Waals surface area contributed by atoms with Crippen molar-refractivity contribution in [3.05, 3.63) is 18.0 Å². The Morgan fingerprint density at radius 3 is 3.00 bits per heavy atom. The molecule has 1 atom stereocenters. The number of nitrogens with zero attached hydrogens (tertiary/aromatic N) is 2. The minimum atomic E-state index is -0.799. The van der Waals surface area contributed by atoms with Crippen molar-refractivity contribution in [3.63, 3.8) is 0 Å². The second-order valence-corrected chi connectivity index (χ2v) is 4.58. The summed E-state index contributed by atoms with van der Waals surface area (Å²) >= 11 is 1.89. The lowest BCUT2D eigenvalue weighted by Gasteiger charge is -2.24. The van der Waals surface area contributed by atoms with Gasteiger partial charge in [0.25, 0.3) is 0 Å². The first-order chi connectivity index (χ1) is 6.68. The molecule has 1 fully saturated rings. The maximum absolute atomic E-state index is 10.7. The van der Waals surface area contributed by atoms with Crippen molar-refractivity contribution >= 4 is 17.7 Å². The molecule has 1 aromatic rings. The predicted molar refractivity (Wildman–Crippen MR) is 54.6 cm³/mol. The number of carbonyl (C=O) groups is 1. The Morgan fingerprint density at radius 2 is 2.50 bits per heavy atom. The number of carboxylic acids is 1. The van der Waals surface area contributed by atoms with Crippen molar-refractivity contribution < 1.29 is 9.90 Å². The molecule has 4 nitrogen and oxygen atoms in total. The summed E-state index contributed by atoms with van der Waals surface area (Å²) < 4.78 is 1.88. The first-order valence-corrected chi connectivity index (χ1v) is 5.68. The van der Waals surface area contributed by atoms with Gasteiger partial charge in [-0.25, -0.2) is 0 Å². The smallest absolute Gasteiger partial charge is 0.310 e. The minimum Gasteiger partial charge on any atom is -0.481 e. The van der Waals surface area contributed by atoms with Crippen LogP contribution < -0.4 is 0 Å². The molecule has 0 spiro atoms. The van der Waals surface area contributed by atoms with Crippen molar-refractivity contribution in [1.29, 1.82) is 0 Å². The molecular formula is C9H12N2O2S. The van der Waals surface area contributed by atoms with Crippen LogP contribution in [0.25, 0.3) is 0 Å². The fourth-order valence-electron chi connectivity index (χ4n) is 1.29. The van der Waals surface area contributed by atoms with Crippen molar-refractivity contribution in [1.82, 2.24) is 9.78 Å². The quantitative estimate of drug-likeness (QED) is 0.822. The van der Waals surface area contributed by atoms with Gasteiger partial charge in [-0.3, -0.25) is 9.48 Å². The van der Waals surface area contributed by atoms with Crippen molar-refractivity contribution in [2.45, 2.75) is 18.9 Å². The molecule has 0 aromatic carbocycles.